The summed E-state index contributed by atoms with van der Waals surface area (Å²) >= 11 is 4.19. The first kappa shape index (κ1) is 29.8. The molecule has 10 nitrogen and oxygen atoms in total. The molecule has 0 bridgehead atoms. The smallest absolute Gasteiger partial charge is 0.408 e. The van der Waals surface area contributed by atoms with Gasteiger partial charge >= 0.3 is 12.1 Å². The number of hydrogen-bond donors (Lipinski definition) is 4. The molecule has 0 fully saturated rings. The summed E-state index contributed by atoms with van der Waals surface area (Å²) in [5.41, 5.74) is -0.457. The highest BCUT2D eigenvalue weighted by molar-refractivity contribution is 7.80. The number of phenols is 1. The average Bonchev–Trinajstić information content (AvgIpc) is 2.75. The van der Waals surface area contributed by atoms with E-state index in [9.17, 15) is 24.3 Å². The number of aromatic hydroxyl groups is 1. The topological polar surface area (TPSA) is 134 Å². The van der Waals surface area contributed by atoms with Crippen molar-refractivity contribution in [2.75, 3.05) is 25.4 Å². The summed E-state index contributed by atoms with van der Waals surface area (Å²) in [4.78, 5) is 51.8. The summed E-state index contributed by atoms with van der Waals surface area (Å²) in [6.07, 6.45) is 0.570. The van der Waals surface area contributed by atoms with Crippen molar-refractivity contribution in [2.45, 2.75) is 51.8 Å². The van der Waals surface area contributed by atoms with Crippen LogP contribution in [0.25, 0.3) is 0 Å². The molecule has 194 valence electrons. The van der Waals surface area contributed by atoms with Crippen molar-refractivity contribution in [3.8, 4) is 5.75 Å². The number of rotatable bonds is 12. The first-order valence-corrected chi connectivity index (χ1v) is 11.8. The Morgan fingerprint density at radius 1 is 1.26 bits per heavy atom. The zero-order chi connectivity index (χ0) is 26.6. The van der Waals surface area contributed by atoms with Crippen LogP contribution in [0.5, 0.6) is 5.75 Å². The van der Waals surface area contributed by atoms with E-state index in [1.54, 1.807) is 33.8 Å². The SMILES string of the molecule is C=CCN(C(=O)C(CS)NC(=O)OC(C)(C)C)C(C(=O)NCCC(=O)OCC)c1cccc(O)c1. The molecule has 35 heavy (non-hydrogen) atoms. The summed E-state index contributed by atoms with van der Waals surface area (Å²) in [7, 11) is 0. The molecular formula is C24H35N3O7S. The van der Waals surface area contributed by atoms with E-state index in [1.165, 1.54) is 29.2 Å². The summed E-state index contributed by atoms with van der Waals surface area (Å²) in [5.74, 6) is -1.85. The van der Waals surface area contributed by atoms with Gasteiger partial charge in [-0.2, -0.15) is 12.6 Å². The lowest BCUT2D eigenvalue weighted by Gasteiger charge is -2.33. The maximum absolute atomic E-state index is 13.5. The van der Waals surface area contributed by atoms with Gasteiger partial charge < -0.3 is 30.1 Å². The molecule has 3 amide bonds. The highest BCUT2D eigenvalue weighted by atomic mass is 32.1. The minimum Gasteiger partial charge on any atom is -0.508 e. The van der Waals surface area contributed by atoms with Crippen molar-refractivity contribution < 1.29 is 33.8 Å². The third-order valence-corrected chi connectivity index (χ3v) is 4.83. The largest absolute Gasteiger partial charge is 0.508 e. The zero-order valence-corrected chi connectivity index (χ0v) is 21.5. The quantitative estimate of drug-likeness (QED) is 0.193. The number of hydrogen-bond acceptors (Lipinski definition) is 8. The van der Waals surface area contributed by atoms with Gasteiger partial charge in [0.25, 0.3) is 0 Å². The van der Waals surface area contributed by atoms with Gasteiger partial charge in [0.15, 0.2) is 0 Å². The molecule has 0 saturated carbocycles. The van der Waals surface area contributed by atoms with Gasteiger partial charge in [0.1, 0.15) is 23.4 Å². The van der Waals surface area contributed by atoms with Gasteiger partial charge in [0.05, 0.1) is 13.0 Å². The van der Waals surface area contributed by atoms with E-state index in [1.807, 2.05) is 0 Å². The fourth-order valence-electron chi connectivity index (χ4n) is 3.08. The third kappa shape index (κ3) is 10.3. The Balaban J connectivity index is 3.24. The Kier molecular flexibility index (Phi) is 12.1. The number of nitrogens with one attached hydrogen (secondary N) is 2. The second kappa shape index (κ2) is 14.2. The lowest BCUT2D eigenvalue weighted by atomic mass is 10.0. The fraction of sp³-hybridized carbons (Fsp3) is 0.500. The highest BCUT2D eigenvalue weighted by Gasteiger charge is 2.35. The van der Waals surface area contributed by atoms with Crippen LogP contribution in [0.15, 0.2) is 36.9 Å². The monoisotopic (exact) mass is 509 g/mol. The molecule has 1 aromatic rings. The molecule has 0 radical (unpaired) electrons. The second-order valence-electron chi connectivity index (χ2n) is 8.50. The first-order chi connectivity index (χ1) is 16.4. The van der Waals surface area contributed by atoms with Crippen molar-refractivity contribution in [1.82, 2.24) is 15.5 Å². The van der Waals surface area contributed by atoms with Crippen molar-refractivity contribution in [3.63, 3.8) is 0 Å². The number of esters is 1. The van der Waals surface area contributed by atoms with Crippen LogP contribution in [0.2, 0.25) is 0 Å². The fourth-order valence-corrected chi connectivity index (χ4v) is 3.33. The molecule has 1 aromatic carbocycles. The van der Waals surface area contributed by atoms with Crippen LogP contribution in [-0.2, 0) is 23.9 Å². The predicted octanol–water partition coefficient (Wildman–Crippen LogP) is 2.34. The molecule has 0 heterocycles. The number of thiol groups is 1. The Morgan fingerprint density at radius 2 is 1.94 bits per heavy atom. The first-order valence-electron chi connectivity index (χ1n) is 11.2. The molecule has 0 aliphatic rings. The van der Waals surface area contributed by atoms with Crippen LogP contribution in [0, 0.1) is 0 Å². The summed E-state index contributed by atoms with van der Waals surface area (Å²) in [6, 6.07) is 3.60. The van der Waals surface area contributed by atoms with E-state index in [2.05, 4.69) is 29.8 Å². The number of amides is 3. The van der Waals surface area contributed by atoms with Gasteiger partial charge in [-0.15, -0.1) is 6.58 Å². The Bertz CT molecular complexity index is 901. The molecule has 0 spiro atoms. The zero-order valence-electron chi connectivity index (χ0n) is 20.6. The molecular weight excluding hydrogens is 474 g/mol. The van der Waals surface area contributed by atoms with Gasteiger partial charge in [-0.25, -0.2) is 4.79 Å². The number of ether oxygens (including phenoxy) is 2. The Morgan fingerprint density at radius 3 is 2.49 bits per heavy atom. The molecule has 0 aliphatic carbocycles. The maximum Gasteiger partial charge on any atom is 0.408 e. The molecule has 2 atom stereocenters. The van der Waals surface area contributed by atoms with Gasteiger partial charge in [-0.05, 0) is 45.4 Å². The van der Waals surface area contributed by atoms with Gasteiger partial charge in [-0.3, -0.25) is 14.4 Å². The van der Waals surface area contributed by atoms with E-state index in [0.717, 1.165) is 0 Å². The highest BCUT2D eigenvalue weighted by Crippen LogP contribution is 2.25. The Labute approximate surface area is 211 Å². The number of alkyl carbamates (subject to hydrolysis) is 1. The molecule has 2 unspecified atom stereocenters. The predicted molar refractivity (Wildman–Crippen MR) is 134 cm³/mol. The number of carbonyl (C=O) groups excluding carboxylic acids is 4. The minimum atomic E-state index is -1.20. The summed E-state index contributed by atoms with van der Waals surface area (Å²) < 4.78 is 10.1. The molecule has 11 heteroatoms. The van der Waals surface area contributed by atoms with E-state index >= 15 is 0 Å². The maximum atomic E-state index is 13.5. The molecule has 3 N–H and O–H groups in total. The molecule has 0 aliphatic heterocycles. The second-order valence-corrected chi connectivity index (χ2v) is 8.87. The minimum absolute atomic E-state index is 0.0186. The van der Waals surface area contributed by atoms with Crippen LogP contribution >= 0.6 is 12.6 Å². The molecule has 0 saturated heterocycles. The third-order valence-electron chi connectivity index (χ3n) is 4.46. The van der Waals surface area contributed by atoms with Gasteiger partial charge in [0, 0.05) is 18.8 Å². The van der Waals surface area contributed by atoms with E-state index in [4.69, 9.17) is 9.47 Å². The van der Waals surface area contributed by atoms with Crippen LogP contribution in [0.3, 0.4) is 0 Å². The lowest BCUT2D eigenvalue weighted by Crippen LogP contribution is -2.54. The van der Waals surface area contributed by atoms with Crippen molar-refractivity contribution in [3.05, 3.63) is 42.5 Å². The Hall–Kier alpha value is -3.21. The van der Waals surface area contributed by atoms with Crippen molar-refractivity contribution >= 4 is 36.5 Å². The standard InChI is InChI=1S/C24H35N3O7S/c1-6-13-27(22(31)18(15-35)26-23(32)34-24(3,4)5)20(16-9-8-10-17(28)14-16)21(30)25-12-11-19(29)33-7-2/h6,8-10,14,18,20,28,35H,1,7,11-13,15H2,2-5H3,(H,25,30)(H,26,32). The number of nitrogens with zero attached hydrogens (tertiary/aromatic N) is 1. The van der Waals surface area contributed by atoms with Crippen LogP contribution < -0.4 is 10.6 Å². The number of carbonyl (C=O) groups is 4. The van der Waals surface area contributed by atoms with Crippen LogP contribution in [-0.4, -0.2) is 71.0 Å². The summed E-state index contributed by atoms with van der Waals surface area (Å²) in [5, 5.41) is 15.1. The van der Waals surface area contributed by atoms with Crippen LogP contribution in [0.4, 0.5) is 4.79 Å². The van der Waals surface area contributed by atoms with E-state index < -0.39 is 41.6 Å². The van der Waals surface area contributed by atoms with Crippen molar-refractivity contribution in [1.29, 1.82) is 0 Å². The van der Waals surface area contributed by atoms with E-state index in [-0.39, 0.29) is 37.6 Å². The normalized spacial score (nSPS) is 12.6. The molecule has 1 rings (SSSR count). The van der Waals surface area contributed by atoms with Gasteiger partial charge in [0.2, 0.25) is 11.8 Å². The average molecular weight is 510 g/mol. The number of phenolic OH excluding ortho intramolecular Hbond substituents is 1. The van der Waals surface area contributed by atoms with Crippen LogP contribution in [0.1, 0.15) is 45.7 Å². The van der Waals surface area contributed by atoms with Gasteiger partial charge in [-0.1, -0.05) is 18.2 Å². The molecule has 0 aromatic heterocycles. The summed E-state index contributed by atoms with van der Waals surface area (Å²) in [6.45, 7) is 10.6. The van der Waals surface area contributed by atoms with Crippen molar-refractivity contribution in [2.24, 2.45) is 0 Å². The lowest BCUT2D eigenvalue weighted by molar-refractivity contribution is -0.144. The van der Waals surface area contributed by atoms with E-state index in [0.29, 0.717) is 5.56 Å². The number of benzene rings is 1.